The van der Waals surface area contributed by atoms with Crippen LogP contribution in [0.5, 0.6) is 0 Å². The summed E-state index contributed by atoms with van der Waals surface area (Å²) in [6, 6.07) is 12.3. The molecule has 2 aromatic rings. The number of methoxy groups -OCH3 is 1. The van der Waals surface area contributed by atoms with E-state index in [1.54, 1.807) is 113 Å². The Labute approximate surface area is 421 Å². The van der Waals surface area contributed by atoms with Gasteiger partial charge in [-0.1, -0.05) is 30.3 Å². The molecular formula is C51H74N4O15S. The Morgan fingerprint density at radius 3 is 1.69 bits per heavy atom. The van der Waals surface area contributed by atoms with Gasteiger partial charge in [0.1, 0.15) is 28.4 Å². The first kappa shape index (κ1) is 59.3. The summed E-state index contributed by atoms with van der Waals surface area (Å²) in [6.45, 7) is 20.2. The number of nitrogens with one attached hydrogen (secondary N) is 1. The molecule has 2 fully saturated rings. The van der Waals surface area contributed by atoms with Crippen molar-refractivity contribution in [2.75, 3.05) is 37.1 Å². The maximum absolute atomic E-state index is 14.3. The lowest BCUT2D eigenvalue weighted by molar-refractivity contribution is -0.182. The number of carbonyl (C=O) groups excluding carboxylic acids is 6. The van der Waals surface area contributed by atoms with Gasteiger partial charge >= 0.3 is 42.2 Å². The molecule has 0 spiro atoms. The van der Waals surface area contributed by atoms with Gasteiger partial charge in [-0.3, -0.25) is 14.6 Å². The van der Waals surface area contributed by atoms with Crippen LogP contribution in [0.4, 0.5) is 20.1 Å². The van der Waals surface area contributed by atoms with Crippen LogP contribution in [0.1, 0.15) is 138 Å². The van der Waals surface area contributed by atoms with Crippen molar-refractivity contribution in [1.29, 1.82) is 0 Å². The summed E-state index contributed by atoms with van der Waals surface area (Å²) in [5, 5.41) is 23.3. The number of esters is 3. The van der Waals surface area contributed by atoms with Crippen LogP contribution in [0.3, 0.4) is 0 Å². The average molecular weight is 1020 g/mol. The maximum atomic E-state index is 14.3. The highest BCUT2D eigenvalue weighted by molar-refractivity contribution is 7.98. The van der Waals surface area contributed by atoms with Crippen molar-refractivity contribution in [2.45, 2.75) is 168 Å². The molecule has 0 aromatic heterocycles. The van der Waals surface area contributed by atoms with Crippen LogP contribution in [0.25, 0.3) is 11.1 Å². The number of anilines is 1. The lowest BCUT2D eigenvalue weighted by atomic mass is 9.86. The average Bonchev–Trinajstić information content (AvgIpc) is 3.25. The van der Waals surface area contributed by atoms with E-state index in [-0.39, 0.29) is 37.2 Å². The lowest BCUT2D eigenvalue weighted by Gasteiger charge is -2.50. The first-order chi connectivity index (χ1) is 32.7. The van der Waals surface area contributed by atoms with Gasteiger partial charge in [-0.2, -0.15) is 11.8 Å². The van der Waals surface area contributed by atoms with Crippen LogP contribution in [0.15, 0.2) is 48.5 Å². The van der Waals surface area contributed by atoms with Gasteiger partial charge in [0.15, 0.2) is 0 Å². The van der Waals surface area contributed by atoms with E-state index in [1.807, 2.05) is 6.26 Å². The van der Waals surface area contributed by atoms with Gasteiger partial charge in [0.05, 0.1) is 12.8 Å². The molecule has 19 nitrogen and oxygen atoms in total. The largest absolute Gasteiger partial charge is 0.479 e. The van der Waals surface area contributed by atoms with E-state index in [4.69, 9.17) is 23.7 Å². The third-order valence-electron chi connectivity index (χ3n) is 10.8. The van der Waals surface area contributed by atoms with Gasteiger partial charge < -0.3 is 39.2 Å². The number of likely N-dealkylation sites (tertiary alicyclic amines) is 2. The molecular weight excluding hydrogens is 941 g/mol. The molecule has 20 heteroatoms. The highest BCUT2D eigenvalue weighted by Gasteiger charge is 2.59. The molecule has 4 rings (SSSR count). The summed E-state index contributed by atoms with van der Waals surface area (Å²) in [4.78, 5) is 108. The van der Waals surface area contributed by atoms with Crippen molar-refractivity contribution in [3.05, 3.63) is 54.1 Å². The number of aliphatic carboxylic acids is 1. The molecule has 2 heterocycles. The molecule has 0 aliphatic carbocycles. The number of amides is 4. The SMILES string of the molecule is CC(C)(C)OC(=O)N1CCCCC1(C(=O)O)C(=O)OC(C)(C)C.COC(=O)[C@H](CCSC)NC(=O)c1ccc(N(C(=O)O)C2(C(=O)OC(C)(C)C)CCCCN2C(=O)OC(C)(C)C)cc1-c1ccccc1. The molecule has 4 amide bonds. The number of carboxylic acid groups (broad SMARTS) is 2. The fourth-order valence-electron chi connectivity index (χ4n) is 7.91. The van der Waals surface area contributed by atoms with Crippen LogP contribution < -0.4 is 10.2 Å². The number of nitrogens with zero attached hydrogens (tertiary/aromatic N) is 3. The van der Waals surface area contributed by atoms with Gasteiger partial charge in [0.2, 0.25) is 11.2 Å². The zero-order valence-electron chi connectivity index (χ0n) is 43.7. The van der Waals surface area contributed by atoms with E-state index >= 15 is 0 Å². The number of hydrogen-bond acceptors (Lipinski definition) is 14. The van der Waals surface area contributed by atoms with Crippen molar-refractivity contribution >= 4 is 65.5 Å². The Kier molecular flexibility index (Phi) is 20.0. The Hall–Kier alpha value is -6.05. The smallest absolute Gasteiger partial charge is 0.414 e. The Morgan fingerprint density at radius 2 is 1.20 bits per heavy atom. The van der Waals surface area contributed by atoms with Gasteiger partial charge in [-0.25, -0.2) is 38.5 Å². The van der Waals surface area contributed by atoms with Gasteiger partial charge in [-0.05, 0) is 163 Å². The summed E-state index contributed by atoms with van der Waals surface area (Å²) < 4.78 is 27.0. The third-order valence-corrected chi connectivity index (χ3v) is 11.5. The molecule has 2 unspecified atom stereocenters. The fourth-order valence-corrected chi connectivity index (χ4v) is 8.38. The molecule has 0 bridgehead atoms. The van der Waals surface area contributed by atoms with Crippen LogP contribution in [0.2, 0.25) is 0 Å². The van der Waals surface area contributed by atoms with Crippen molar-refractivity contribution in [2.24, 2.45) is 0 Å². The minimum Gasteiger partial charge on any atom is -0.479 e. The molecule has 3 atom stereocenters. The summed E-state index contributed by atoms with van der Waals surface area (Å²) in [7, 11) is 1.25. The van der Waals surface area contributed by atoms with Gasteiger partial charge in [-0.15, -0.1) is 0 Å². The van der Waals surface area contributed by atoms with Crippen LogP contribution in [0, 0.1) is 0 Å². The molecule has 71 heavy (non-hydrogen) atoms. The first-order valence-electron chi connectivity index (χ1n) is 23.6. The quantitative estimate of drug-likeness (QED) is 0.102. The number of rotatable bonds is 12. The van der Waals surface area contributed by atoms with Crippen molar-refractivity contribution in [1.82, 2.24) is 15.1 Å². The Bertz CT molecular complexity index is 2250. The van der Waals surface area contributed by atoms with Crippen LogP contribution in [-0.4, -0.2) is 140 Å². The van der Waals surface area contributed by atoms with Crippen LogP contribution >= 0.6 is 11.8 Å². The molecule has 0 radical (unpaired) electrons. The highest BCUT2D eigenvalue weighted by Crippen LogP contribution is 2.41. The van der Waals surface area contributed by atoms with Crippen molar-refractivity contribution < 1.29 is 72.3 Å². The number of hydrogen-bond donors (Lipinski definition) is 3. The lowest BCUT2D eigenvalue weighted by Crippen LogP contribution is -2.71. The van der Waals surface area contributed by atoms with E-state index < -0.39 is 87.7 Å². The molecule has 2 aliphatic heterocycles. The summed E-state index contributed by atoms with van der Waals surface area (Å²) >= 11 is 1.52. The topological polar surface area (TPSA) is 245 Å². The summed E-state index contributed by atoms with van der Waals surface area (Å²) in [6.07, 6.45) is 1.02. The van der Waals surface area contributed by atoms with Crippen molar-refractivity contribution in [3.63, 3.8) is 0 Å². The molecule has 394 valence electrons. The minimum atomic E-state index is -2.13. The molecule has 3 N–H and O–H groups in total. The van der Waals surface area contributed by atoms with E-state index in [0.717, 1.165) is 14.7 Å². The number of carboxylic acids is 1. The number of benzene rings is 2. The van der Waals surface area contributed by atoms with E-state index in [2.05, 4.69) is 5.32 Å². The zero-order chi connectivity index (χ0) is 53.9. The number of ether oxygens (including phenoxy) is 5. The highest BCUT2D eigenvalue weighted by atomic mass is 32.2. The fraction of sp³-hybridized carbons (Fsp3) is 0.608. The second kappa shape index (κ2) is 23.9. The summed E-state index contributed by atoms with van der Waals surface area (Å²) in [5.41, 5.74) is -6.66. The Morgan fingerprint density at radius 1 is 0.690 bits per heavy atom. The number of thioether (sulfide) groups is 1. The first-order valence-corrected chi connectivity index (χ1v) is 25.0. The monoisotopic (exact) mass is 1010 g/mol. The van der Waals surface area contributed by atoms with E-state index in [0.29, 0.717) is 49.0 Å². The molecule has 2 saturated heterocycles. The van der Waals surface area contributed by atoms with Gasteiger partial charge in [0, 0.05) is 25.1 Å². The van der Waals surface area contributed by atoms with E-state index in [9.17, 15) is 48.6 Å². The number of piperidine rings is 2. The molecule has 0 saturated carbocycles. The van der Waals surface area contributed by atoms with E-state index in [1.165, 1.54) is 37.1 Å². The maximum Gasteiger partial charge on any atom is 0.414 e. The summed E-state index contributed by atoms with van der Waals surface area (Å²) in [5.74, 6) is -3.82. The number of carbonyl (C=O) groups is 8. The Balaban J connectivity index is 0.000000484. The third kappa shape index (κ3) is 15.7. The van der Waals surface area contributed by atoms with Gasteiger partial charge in [0.25, 0.3) is 5.91 Å². The molecule has 2 aliphatic rings. The zero-order valence-corrected chi connectivity index (χ0v) is 44.5. The predicted molar refractivity (Wildman–Crippen MR) is 267 cm³/mol. The second-order valence-corrected chi connectivity index (χ2v) is 22.2. The van der Waals surface area contributed by atoms with Crippen LogP contribution in [-0.2, 0) is 42.9 Å². The molecule has 2 aromatic carbocycles. The minimum absolute atomic E-state index is 0.0104. The predicted octanol–water partition coefficient (Wildman–Crippen LogP) is 8.89. The standard InChI is InChI=1S/C35H47N3O9S.C16H27NO6/c1-33(2,3)46-30(41)35(19-12-13-20-37(35)32(44)47-34(4,5)6)38(31(42)43)24-16-17-25(26(22-24)23-14-10-9-11-15-23)28(39)36-27(18-21-48-8)29(40)45-7;1-14(2,3)22-12(20)16(11(18)19)9-7-8-10-17(16)13(21)23-15(4,5)6/h9-11,14-17,22,27H,12-13,18-21H2,1-8H3,(H,36,39)(H,42,43);7-10H2,1-6H3,(H,18,19)/t27-,35?;/m0./s1. The second-order valence-electron chi connectivity index (χ2n) is 21.2. The normalized spacial score (nSPS) is 18.8. The van der Waals surface area contributed by atoms with Crippen molar-refractivity contribution in [3.8, 4) is 11.1 Å².